The molecule has 3 heterocycles. The van der Waals surface area contributed by atoms with E-state index in [0.717, 1.165) is 33.6 Å². The highest BCUT2D eigenvalue weighted by Crippen LogP contribution is 2.34. The third-order valence-electron chi connectivity index (χ3n) is 5.84. The largest absolute Gasteiger partial charge is 0.497 e. The quantitative estimate of drug-likeness (QED) is 0.652. The second-order valence-electron chi connectivity index (χ2n) is 7.68. The number of ether oxygens (including phenoxy) is 2. The minimum Gasteiger partial charge on any atom is -0.497 e. The number of nitrogens with zero attached hydrogens (tertiary/aromatic N) is 2. The van der Waals surface area contributed by atoms with Gasteiger partial charge in [0.05, 0.1) is 48.8 Å². The Morgan fingerprint density at radius 1 is 1.16 bits per heavy atom. The molecule has 0 amide bonds. The Hall–Kier alpha value is -3.03. The molecule has 2 aliphatic heterocycles. The van der Waals surface area contributed by atoms with Crippen molar-refractivity contribution in [2.75, 3.05) is 38.3 Å². The van der Waals surface area contributed by atoms with E-state index in [9.17, 15) is 4.79 Å². The maximum Gasteiger partial charge on any atom is 0.259 e. The standard InChI is InChI=1S/C23H23ClN4O3/c1-30-16-5-2-14(3-6-16)19-13-20(27-26-19)21-22(28-8-10-31-11-9-28)17-12-15(24)4-7-18(17)25-23(21)29/h2-7,12,19,26H,8-11,13H2,1H3,(H,25,29). The van der Waals surface area contributed by atoms with Gasteiger partial charge in [0.1, 0.15) is 5.75 Å². The van der Waals surface area contributed by atoms with E-state index in [0.29, 0.717) is 43.3 Å². The van der Waals surface area contributed by atoms with Gasteiger partial charge in [-0.2, -0.15) is 5.10 Å². The topological polar surface area (TPSA) is 79.0 Å². The Morgan fingerprint density at radius 3 is 2.68 bits per heavy atom. The molecule has 2 aromatic carbocycles. The van der Waals surface area contributed by atoms with Crippen LogP contribution in [-0.2, 0) is 4.74 Å². The highest BCUT2D eigenvalue weighted by atomic mass is 35.5. The summed E-state index contributed by atoms with van der Waals surface area (Å²) in [5.74, 6) is 0.806. The summed E-state index contributed by atoms with van der Waals surface area (Å²) in [5.41, 5.74) is 7.12. The van der Waals surface area contributed by atoms with Crippen molar-refractivity contribution >= 4 is 33.9 Å². The number of halogens is 1. The summed E-state index contributed by atoms with van der Waals surface area (Å²) >= 11 is 6.32. The van der Waals surface area contributed by atoms with Crippen LogP contribution in [0.4, 0.5) is 5.69 Å². The molecule has 0 aliphatic carbocycles. The van der Waals surface area contributed by atoms with Crippen LogP contribution in [0.25, 0.3) is 10.9 Å². The SMILES string of the molecule is COc1ccc(C2CC(c3c(N4CCOCC4)c4cc(Cl)ccc4[nH]c3=O)=NN2)cc1. The Morgan fingerprint density at radius 2 is 1.94 bits per heavy atom. The van der Waals surface area contributed by atoms with Crippen molar-refractivity contribution in [1.29, 1.82) is 0 Å². The Kier molecular flexibility index (Phi) is 5.29. The Labute approximate surface area is 184 Å². The zero-order chi connectivity index (χ0) is 21.4. The molecule has 0 bridgehead atoms. The number of pyridine rings is 1. The molecule has 2 aliphatic rings. The predicted octanol–water partition coefficient (Wildman–Crippen LogP) is 3.47. The first-order valence-corrected chi connectivity index (χ1v) is 10.7. The molecule has 1 atom stereocenters. The van der Waals surface area contributed by atoms with Crippen LogP contribution in [-0.4, -0.2) is 44.1 Å². The van der Waals surface area contributed by atoms with Gasteiger partial charge in [0.2, 0.25) is 0 Å². The normalized spacial score (nSPS) is 18.7. The van der Waals surface area contributed by atoms with Gasteiger partial charge in [-0.3, -0.25) is 4.79 Å². The first kappa shape index (κ1) is 19.9. The van der Waals surface area contributed by atoms with Crippen LogP contribution in [0.5, 0.6) is 5.75 Å². The number of hydrogen-bond donors (Lipinski definition) is 2. The van der Waals surface area contributed by atoms with Crippen molar-refractivity contribution in [2.45, 2.75) is 12.5 Å². The van der Waals surface area contributed by atoms with Crippen molar-refractivity contribution < 1.29 is 9.47 Å². The van der Waals surface area contributed by atoms with Crippen LogP contribution in [0.3, 0.4) is 0 Å². The van der Waals surface area contributed by atoms with Gasteiger partial charge < -0.3 is 24.8 Å². The number of hydrogen-bond acceptors (Lipinski definition) is 6. The smallest absolute Gasteiger partial charge is 0.259 e. The van der Waals surface area contributed by atoms with Crippen LogP contribution < -0.4 is 20.6 Å². The van der Waals surface area contributed by atoms with Gasteiger partial charge in [-0.05, 0) is 35.9 Å². The lowest BCUT2D eigenvalue weighted by Gasteiger charge is -2.31. The van der Waals surface area contributed by atoms with Gasteiger partial charge in [-0.25, -0.2) is 0 Å². The fourth-order valence-corrected chi connectivity index (χ4v) is 4.43. The minimum atomic E-state index is -0.146. The van der Waals surface area contributed by atoms with E-state index in [-0.39, 0.29) is 11.6 Å². The summed E-state index contributed by atoms with van der Waals surface area (Å²) in [5, 5.41) is 6.12. The number of aromatic nitrogens is 1. The molecular weight excluding hydrogens is 416 g/mol. The number of morpholine rings is 1. The average molecular weight is 439 g/mol. The van der Waals surface area contributed by atoms with E-state index in [1.165, 1.54) is 0 Å². The molecular formula is C23H23ClN4O3. The molecule has 1 unspecified atom stereocenters. The van der Waals surface area contributed by atoms with E-state index in [1.807, 2.05) is 36.4 Å². The molecule has 5 rings (SSSR count). The number of H-pyrrole nitrogens is 1. The van der Waals surface area contributed by atoms with Crippen LogP contribution in [0, 0.1) is 0 Å². The fraction of sp³-hybridized carbons (Fsp3) is 0.304. The summed E-state index contributed by atoms with van der Waals surface area (Å²) in [4.78, 5) is 18.4. The third kappa shape index (κ3) is 3.75. The number of hydrazone groups is 1. The molecule has 0 saturated carbocycles. The van der Waals surface area contributed by atoms with Crippen molar-refractivity contribution in [3.63, 3.8) is 0 Å². The van der Waals surface area contributed by atoms with Gasteiger partial charge in [-0.1, -0.05) is 23.7 Å². The molecule has 1 fully saturated rings. The molecule has 7 nitrogen and oxygen atoms in total. The van der Waals surface area contributed by atoms with Gasteiger partial charge in [-0.15, -0.1) is 0 Å². The summed E-state index contributed by atoms with van der Waals surface area (Å²) in [6.45, 7) is 2.66. The number of aromatic amines is 1. The fourth-order valence-electron chi connectivity index (χ4n) is 4.26. The highest BCUT2D eigenvalue weighted by Gasteiger charge is 2.29. The number of benzene rings is 2. The third-order valence-corrected chi connectivity index (χ3v) is 6.07. The van der Waals surface area contributed by atoms with Crippen LogP contribution in [0.2, 0.25) is 5.02 Å². The highest BCUT2D eigenvalue weighted by molar-refractivity contribution is 6.31. The minimum absolute atomic E-state index is 0.00657. The van der Waals surface area contributed by atoms with Crippen LogP contribution in [0.15, 0.2) is 52.4 Å². The van der Waals surface area contributed by atoms with Crippen molar-refractivity contribution in [2.24, 2.45) is 5.10 Å². The summed E-state index contributed by atoms with van der Waals surface area (Å²) in [7, 11) is 1.65. The van der Waals surface area contributed by atoms with E-state index in [1.54, 1.807) is 13.2 Å². The lowest BCUT2D eigenvalue weighted by Crippen LogP contribution is -2.38. The maximum absolute atomic E-state index is 13.2. The monoisotopic (exact) mass is 438 g/mol. The molecule has 160 valence electrons. The number of nitrogens with one attached hydrogen (secondary N) is 2. The van der Waals surface area contributed by atoms with Crippen LogP contribution in [0.1, 0.15) is 23.6 Å². The van der Waals surface area contributed by atoms with Gasteiger partial charge in [0.25, 0.3) is 5.56 Å². The first-order valence-electron chi connectivity index (χ1n) is 10.3. The predicted molar refractivity (Wildman–Crippen MR) is 123 cm³/mol. The molecule has 0 spiro atoms. The molecule has 0 radical (unpaired) electrons. The number of anilines is 1. The summed E-state index contributed by atoms with van der Waals surface area (Å²) in [6, 6.07) is 13.4. The lowest BCUT2D eigenvalue weighted by molar-refractivity contribution is 0.123. The van der Waals surface area contributed by atoms with E-state index in [4.69, 9.17) is 21.1 Å². The number of fused-ring (bicyclic) bond motifs is 1. The molecule has 3 aromatic rings. The van der Waals surface area contributed by atoms with E-state index < -0.39 is 0 Å². The van der Waals surface area contributed by atoms with Crippen molar-refractivity contribution in [3.05, 3.63) is 69.0 Å². The maximum atomic E-state index is 13.2. The zero-order valence-corrected chi connectivity index (χ0v) is 17.9. The summed E-state index contributed by atoms with van der Waals surface area (Å²) in [6.07, 6.45) is 0.610. The van der Waals surface area contributed by atoms with Gasteiger partial charge in [0.15, 0.2) is 0 Å². The number of rotatable bonds is 4. The van der Waals surface area contributed by atoms with Gasteiger partial charge in [0, 0.05) is 29.9 Å². The Bertz CT molecular complexity index is 1200. The zero-order valence-electron chi connectivity index (χ0n) is 17.2. The Balaban J connectivity index is 1.57. The van der Waals surface area contributed by atoms with Crippen LogP contribution >= 0.6 is 11.6 Å². The number of methoxy groups -OCH3 is 1. The van der Waals surface area contributed by atoms with E-state index >= 15 is 0 Å². The van der Waals surface area contributed by atoms with E-state index in [2.05, 4.69) is 20.4 Å². The molecule has 1 aromatic heterocycles. The molecule has 2 N–H and O–H groups in total. The second-order valence-corrected chi connectivity index (χ2v) is 8.12. The van der Waals surface area contributed by atoms with Gasteiger partial charge >= 0.3 is 0 Å². The molecule has 8 heteroatoms. The van der Waals surface area contributed by atoms with Crippen molar-refractivity contribution in [1.82, 2.24) is 10.4 Å². The average Bonchev–Trinajstić information content (AvgIpc) is 3.29. The summed E-state index contributed by atoms with van der Waals surface area (Å²) < 4.78 is 10.8. The first-order chi connectivity index (χ1) is 15.1. The molecule has 1 saturated heterocycles. The molecule has 31 heavy (non-hydrogen) atoms. The second kappa shape index (κ2) is 8.24. The lowest BCUT2D eigenvalue weighted by atomic mass is 9.97. The van der Waals surface area contributed by atoms with Crippen molar-refractivity contribution in [3.8, 4) is 5.75 Å².